The summed E-state index contributed by atoms with van der Waals surface area (Å²) in [6.45, 7) is 4.41. The summed E-state index contributed by atoms with van der Waals surface area (Å²) in [4.78, 5) is 32.4. The molecule has 3 heterocycles. The number of piperazine rings is 1. The van der Waals surface area contributed by atoms with Crippen LogP contribution in [0, 0.1) is 0 Å². The predicted molar refractivity (Wildman–Crippen MR) is 107 cm³/mol. The van der Waals surface area contributed by atoms with Gasteiger partial charge >= 0.3 is 5.97 Å². The number of fused-ring (bicyclic) bond motifs is 1. The number of esters is 1. The van der Waals surface area contributed by atoms with Crippen LogP contribution in [0.2, 0.25) is 5.02 Å². The smallest absolute Gasteiger partial charge is 0.317 e. The molecule has 0 saturated carbocycles. The number of carbonyl (C=O) groups is 2. The van der Waals surface area contributed by atoms with E-state index in [0.717, 1.165) is 18.8 Å². The second kappa shape index (κ2) is 7.67. The lowest BCUT2D eigenvalue weighted by Crippen LogP contribution is -2.55. The van der Waals surface area contributed by atoms with Crippen LogP contribution < -0.4 is 15.0 Å². The Morgan fingerprint density at radius 3 is 2.86 bits per heavy atom. The van der Waals surface area contributed by atoms with E-state index in [2.05, 4.69) is 22.1 Å². The SMILES string of the molecule is C[C@@H]1CN(c2ccc(Cl)cc2)CCN1C(=O)CNc1cnc2c(c1)OC(=O)C2. The summed E-state index contributed by atoms with van der Waals surface area (Å²) in [5.41, 5.74) is 2.41. The van der Waals surface area contributed by atoms with Crippen LogP contribution in [0.5, 0.6) is 5.75 Å². The zero-order chi connectivity index (χ0) is 19.7. The van der Waals surface area contributed by atoms with Crippen LogP contribution in [-0.4, -0.2) is 54.0 Å². The number of benzene rings is 1. The Morgan fingerprint density at radius 1 is 1.32 bits per heavy atom. The highest BCUT2D eigenvalue weighted by Gasteiger charge is 2.27. The maximum absolute atomic E-state index is 12.7. The molecule has 1 aromatic heterocycles. The summed E-state index contributed by atoms with van der Waals surface area (Å²) in [5.74, 6) is 0.191. The van der Waals surface area contributed by atoms with E-state index in [1.54, 1.807) is 12.3 Å². The fourth-order valence-electron chi connectivity index (χ4n) is 3.58. The van der Waals surface area contributed by atoms with Gasteiger partial charge in [0.1, 0.15) is 0 Å². The second-order valence-corrected chi connectivity index (χ2v) is 7.47. The normalized spacial score (nSPS) is 18.6. The number of hydrogen-bond acceptors (Lipinski definition) is 6. The molecule has 2 aromatic rings. The molecule has 2 aliphatic heterocycles. The predicted octanol–water partition coefficient (Wildman–Crippen LogP) is 2.35. The summed E-state index contributed by atoms with van der Waals surface area (Å²) >= 11 is 5.96. The second-order valence-electron chi connectivity index (χ2n) is 7.03. The minimum absolute atomic E-state index is 0.0285. The Hall–Kier alpha value is -2.80. The first-order chi connectivity index (χ1) is 13.5. The molecule has 0 spiro atoms. The maximum Gasteiger partial charge on any atom is 0.317 e. The molecular weight excluding hydrogens is 380 g/mol. The molecule has 1 atom stereocenters. The van der Waals surface area contributed by atoms with Crippen LogP contribution in [0.3, 0.4) is 0 Å². The number of nitrogens with one attached hydrogen (secondary N) is 1. The zero-order valence-electron chi connectivity index (χ0n) is 15.5. The van der Waals surface area contributed by atoms with E-state index in [1.807, 2.05) is 29.2 Å². The minimum Gasteiger partial charge on any atom is -0.424 e. The van der Waals surface area contributed by atoms with E-state index in [-0.39, 0.29) is 30.9 Å². The minimum atomic E-state index is -0.303. The highest BCUT2D eigenvalue weighted by molar-refractivity contribution is 6.30. The van der Waals surface area contributed by atoms with Crippen molar-refractivity contribution in [2.45, 2.75) is 19.4 Å². The molecule has 1 saturated heterocycles. The first kappa shape index (κ1) is 18.6. The number of halogens is 1. The van der Waals surface area contributed by atoms with Crippen LogP contribution in [-0.2, 0) is 16.0 Å². The van der Waals surface area contributed by atoms with Crippen molar-refractivity contribution in [2.24, 2.45) is 0 Å². The van der Waals surface area contributed by atoms with E-state index >= 15 is 0 Å². The zero-order valence-corrected chi connectivity index (χ0v) is 16.3. The molecule has 0 unspecified atom stereocenters. The lowest BCUT2D eigenvalue weighted by Gasteiger charge is -2.41. The molecule has 2 aliphatic rings. The number of ether oxygens (including phenoxy) is 1. The van der Waals surface area contributed by atoms with Gasteiger partial charge in [-0.25, -0.2) is 0 Å². The maximum atomic E-state index is 12.7. The lowest BCUT2D eigenvalue weighted by molar-refractivity contribution is -0.132. The first-order valence-corrected chi connectivity index (χ1v) is 9.61. The Morgan fingerprint density at radius 2 is 2.11 bits per heavy atom. The fraction of sp³-hybridized carbons (Fsp3) is 0.350. The Balaban J connectivity index is 1.32. The van der Waals surface area contributed by atoms with Gasteiger partial charge in [0.05, 0.1) is 30.5 Å². The van der Waals surface area contributed by atoms with Gasteiger partial charge < -0.3 is 19.9 Å². The third kappa shape index (κ3) is 3.89. The van der Waals surface area contributed by atoms with Crippen molar-refractivity contribution >= 4 is 34.9 Å². The van der Waals surface area contributed by atoms with E-state index in [9.17, 15) is 9.59 Å². The number of nitrogens with zero attached hydrogens (tertiary/aromatic N) is 3. The van der Waals surface area contributed by atoms with Crippen molar-refractivity contribution in [1.82, 2.24) is 9.88 Å². The number of rotatable bonds is 4. The van der Waals surface area contributed by atoms with E-state index in [0.29, 0.717) is 28.7 Å². The van der Waals surface area contributed by atoms with Gasteiger partial charge in [0.25, 0.3) is 0 Å². The van der Waals surface area contributed by atoms with Crippen LogP contribution in [0.25, 0.3) is 0 Å². The first-order valence-electron chi connectivity index (χ1n) is 9.23. The average Bonchev–Trinajstić information content (AvgIpc) is 3.06. The molecule has 1 amide bonds. The summed E-state index contributed by atoms with van der Waals surface area (Å²) in [6.07, 6.45) is 1.82. The van der Waals surface area contributed by atoms with E-state index in [4.69, 9.17) is 16.3 Å². The molecule has 1 N–H and O–H groups in total. The van der Waals surface area contributed by atoms with Gasteiger partial charge in [0.2, 0.25) is 5.91 Å². The largest absolute Gasteiger partial charge is 0.424 e. The summed E-state index contributed by atoms with van der Waals surface area (Å²) in [5, 5.41) is 3.80. The van der Waals surface area contributed by atoms with Gasteiger partial charge in [-0.2, -0.15) is 0 Å². The molecule has 0 aliphatic carbocycles. The van der Waals surface area contributed by atoms with Crippen molar-refractivity contribution in [2.75, 3.05) is 36.4 Å². The van der Waals surface area contributed by atoms with Crippen molar-refractivity contribution < 1.29 is 14.3 Å². The molecule has 4 rings (SSSR count). The number of aromatic nitrogens is 1. The van der Waals surface area contributed by atoms with Crippen molar-refractivity contribution in [3.63, 3.8) is 0 Å². The molecule has 1 fully saturated rings. The third-order valence-electron chi connectivity index (χ3n) is 5.05. The third-order valence-corrected chi connectivity index (χ3v) is 5.30. The van der Waals surface area contributed by atoms with Gasteiger partial charge in [0.15, 0.2) is 5.75 Å². The fourth-order valence-corrected chi connectivity index (χ4v) is 3.71. The van der Waals surface area contributed by atoms with Gasteiger partial charge in [-0.05, 0) is 31.2 Å². The van der Waals surface area contributed by atoms with Crippen LogP contribution in [0.15, 0.2) is 36.5 Å². The highest BCUT2D eigenvalue weighted by atomic mass is 35.5. The quantitative estimate of drug-likeness (QED) is 0.794. The summed E-state index contributed by atoms with van der Waals surface area (Å²) < 4.78 is 5.10. The molecule has 28 heavy (non-hydrogen) atoms. The number of anilines is 2. The summed E-state index contributed by atoms with van der Waals surface area (Å²) in [7, 11) is 0. The van der Waals surface area contributed by atoms with Crippen molar-refractivity contribution in [3.8, 4) is 5.75 Å². The monoisotopic (exact) mass is 400 g/mol. The van der Waals surface area contributed by atoms with Gasteiger partial charge in [-0.1, -0.05) is 11.6 Å². The molecule has 1 aromatic carbocycles. The molecule has 8 heteroatoms. The van der Waals surface area contributed by atoms with Crippen LogP contribution >= 0.6 is 11.6 Å². The van der Waals surface area contributed by atoms with Gasteiger partial charge in [-0.15, -0.1) is 0 Å². The standard InChI is InChI=1S/C20H21ClN4O3/c1-13-12-24(16-4-2-14(21)3-5-16)6-7-25(13)19(26)11-22-15-8-18-17(23-10-15)9-20(27)28-18/h2-5,8,10,13,22H,6-7,9,11-12H2,1H3/t13-/m1/s1. The molecule has 0 radical (unpaired) electrons. The molecule has 146 valence electrons. The average molecular weight is 401 g/mol. The topological polar surface area (TPSA) is 74.8 Å². The molecule has 7 nitrogen and oxygen atoms in total. The van der Waals surface area contributed by atoms with E-state index < -0.39 is 0 Å². The number of pyridine rings is 1. The number of hydrogen-bond donors (Lipinski definition) is 1. The Bertz CT molecular complexity index is 903. The number of amides is 1. The van der Waals surface area contributed by atoms with Gasteiger partial charge in [0, 0.05) is 42.5 Å². The highest BCUT2D eigenvalue weighted by Crippen LogP contribution is 2.27. The lowest BCUT2D eigenvalue weighted by atomic mass is 10.1. The van der Waals surface area contributed by atoms with E-state index in [1.165, 1.54) is 0 Å². The Kier molecular flexibility index (Phi) is 5.09. The molecular formula is C20H21ClN4O3. The van der Waals surface area contributed by atoms with Crippen LogP contribution in [0.4, 0.5) is 11.4 Å². The molecule has 0 bridgehead atoms. The van der Waals surface area contributed by atoms with Crippen LogP contribution in [0.1, 0.15) is 12.6 Å². The van der Waals surface area contributed by atoms with Crippen molar-refractivity contribution in [3.05, 3.63) is 47.2 Å². The van der Waals surface area contributed by atoms with Crippen molar-refractivity contribution in [1.29, 1.82) is 0 Å². The number of carbonyl (C=O) groups excluding carboxylic acids is 2. The summed E-state index contributed by atoms with van der Waals surface area (Å²) in [6, 6.07) is 9.57. The van der Waals surface area contributed by atoms with Gasteiger partial charge in [-0.3, -0.25) is 14.6 Å². The Labute approximate surface area is 168 Å².